The molecule has 0 saturated heterocycles. The van der Waals surface area contributed by atoms with Gasteiger partial charge in [-0.25, -0.2) is 0 Å². The molecule has 1 N–H and O–H groups in total. The van der Waals surface area contributed by atoms with E-state index in [1.54, 1.807) is 0 Å². The van der Waals surface area contributed by atoms with Crippen molar-refractivity contribution in [2.75, 3.05) is 6.61 Å². The average Bonchev–Trinajstić information content (AvgIpc) is 3.15. The Bertz CT molecular complexity index is 802. The number of hydrogen-bond donors (Lipinski definition) is 1. The van der Waals surface area contributed by atoms with Crippen LogP contribution in [0.1, 0.15) is 265 Å². The summed E-state index contributed by atoms with van der Waals surface area (Å²) in [4.78, 5) is 25.9. The number of carbonyl (C=O) groups excluding carboxylic acids is 2. The van der Waals surface area contributed by atoms with E-state index in [0.717, 1.165) is 51.4 Å². The van der Waals surface area contributed by atoms with Gasteiger partial charge in [0.1, 0.15) is 12.7 Å². The van der Waals surface area contributed by atoms with Crippen LogP contribution in [0.2, 0.25) is 0 Å². The van der Waals surface area contributed by atoms with Crippen LogP contribution >= 0.6 is 12.2 Å². The Morgan fingerprint density at radius 3 is 1.00 bits per heavy atom. The molecule has 5 nitrogen and oxygen atoms in total. The maximum absolute atomic E-state index is 12.9. The molecular weight excluding hydrogens is 677 g/mol. The van der Waals surface area contributed by atoms with Crippen LogP contribution in [0.15, 0.2) is 0 Å². The molecule has 0 aromatic rings. The molecule has 0 aliphatic heterocycles. The van der Waals surface area contributed by atoms with Crippen molar-refractivity contribution in [1.82, 2.24) is 0 Å². The zero-order valence-corrected chi connectivity index (χ0v) is 36.5. The lowest BCUT2D eigenvalue weighted by atomic mass is 10.0. The molecule has 0 aliphatic rings. The van der Waals surface area contributed by atoms with Gasteiger partial charge in [0.25, 0.3) is 0 Å². The van der Waals surface area contributed by atoms with Gasteiger partial charge in [-0.05, 0) is 25.7 Å². The summed E-state index contributed by atoms with van der Waals surface area (Å²) in [7, 11) is 0. The van der Waals surface area contributed by atoms with Crippen LogP contribution in [0.5, 0.6) is 0 Å². The third-order valence-electron chi connectivity index (χ3n) is 10.8. The minimum Gasteiger partial charge on any atom is -0.463 e. The quantitative estimate of drug-likeness (QED) is 0.0378. The Kier molecular flexibility index (Phi) is 41.3. The molecule has 0 saturated carbocycles. The number of aliphatic hydroxyl groups is 1. The number of hydrogen-bond acceptors (Lipinski definition) is 6. The van der Waals surface area contributed by atoms with E-state index < -0.39 is 12.2 Å². The van der Waals surface area contributed by atoms with E-state index in [1.165, 1.54) is 173 Å². The topological polar surface area (TPSA) is 72.8 Å². The fourth-order valence-corrected chi connectivity index (χ4v) is 7.57. The summed E-state index contributed by atoms with van der Waals surface area (Å²) >= 11 is 5.74. The SMILES string of the molecule is CCCCCCCCCCCCCCCC(=S)C(OC(=O)CCCCCCCCCCCCC)C(O)COC(=O)CCCCCCCCCCCCC. The van der Waals surface area contributed by atoms with Crippen LogP contribution in [0.4, 0.5) is 0 Å². The summed E-state index contributed by atoms with van der Waals surface area (Å²) in [6.07, 6.45) is 42.9. The second kappa shape index (κ2) is 42.1. The highest BCUT2D eigenvalue weighted by atomic mass is 32.1. The lowest BCUT2D eigenvalue weighted by Gasteiger charge is -2.24. The fraction of sp³-hybridized carbons (Fsp3) is 0.936. The number of esters is 2. The van der Waals surface area contributed by atoms with Gasteiger partial charge in [-0.1, -0.05) is 238 Å². The highest BCUT2D eigenvalue weighted by Gasteiger charge is 2.28. The number of thiocarbonyl (C=S) groups is 1. The van der Waals surface area contributed by atoms with Crippen LogP contribution < -0.4 is 0 Å². The van der Waals surface area contributed by atoms with E-state index in [-0.39, 0.29) is 18.5 Å². The molecule has 6 heteroatoms. The van der Waals surface area contributed by atoms with Crippen LogP contribution in [-0.2, 0) is 19.1 Å². The Morgan fingerprint density at radius 2 is 0.679 bits per heavy atom. The van der Waals surface area contributed by atoms with Crippen LogP contribution in [0.3, 0.4) is 0 Å². The van der Waals surface area contributed by atoms with Gasteiger partial charge in [0.15, 0.2) is 6.10 Å². The third-order valence-corrected chi connectivity index (χ3v) is 11.3. The van der Waals surface area contributed by atoms with Crippen molar-refractivity contribution in [2.24, 2.45) is 0 Å². The molecule has 0 fully saturated rings. The minimum atomic E-state index is -1.13. The van der Waals surface area contributed by atoms with Crippen molar-refractivity contribution in [2.45, 2.75) is 277 Å². The first-order chi connectivity index (χ1) is 26.0. The lowest BCUT2D eigenvalue weighted by molar-refractivity contribution is -0.156. The molecule has 0 rings (SSSR count). The van der Waals surface area contributed by atoms with E-state index in [0.29, 0.717) is 24.1 Å². The maximum atomic E-state index is 12.9. The van der Waals surface area contributed by atoms with Gasteiger partial charge in [-0.15, -0.1) is 0 Å². The molecule has 0 radical (unpaired) electrons. The molecule has 0 heterocycles. The molecule has 0 aromatic heterocycles. The monoisotopic (exact) mass is 767 g/mol. The summed E-state index contributed by atoms with van der Waals surface area (Å²) in [6.45, 7) is 6.59. The highest BCUT2D eigenvalue weighted by molar-refractivity contribution is 7.80. The summed E-state index contributed by atoms with van der Waals surface area (Å²) in [5, 5.41) is 11.1. The number of rotatable bonds is 43. The largest absolute Gasteiger partial charge is 0.463 e. The van der Waals surface area contributed by atoms with Gasteiger partial charge >= 0.3 is 11.9 Å². The normalized spacial score (nSPS) is 12.5. The van der Waals surface area contributed by atoms with E-state index in [1.807, 2.05) is 0 Å². The van der Waals surface area contributed by atoms with E-state index in [9.17, 15) is 14.7 Å². The second-order valence-electron chi connectivity index (χ2n) is 16.2. The highest BCUT2D eigenvalue weighted by Crippen LogP contribution is 2.18. The Labute approximate surface area is 335 Å². The average molecular weight is 767 g/mol. The first kappa shape index (κ1) is 52.0. The van der Waals surface area contributed by atoms with Gasteiger partial charge in [-0.2, -0.15) is 0 Å². The molecule has 0 spiro atoms. The molecule has 0 bridgehead atoms. The smallest absolute Gasteiger partial charge is 0.306 e. The minimum absolute atomic E-state index is 0.188. The van der Waals surface area contributed by atoms with E-state index >= 15 is 0 Å². The van der Waals surface area contributed by atoms with Gasteiger partial charge < -0.3 is 14.6 Å². The zero-order chi connectivity index (χ0) is 38.9. The molecule has 53 heavy (non-hydrogen) atoms. The van der Waals surface area contributed by atoms with Crippen LogP contribution in [0, 0.1) is 0 Å². The summed E-state index contributed by atoms with van der Waals surface area (Å²) in [5.74, 6) is -0.613. The number of ether oxygens (including phenoxy) is 2. The van der Waals surface area contributed by atoms with Crippen molar-refractivity contribution in [3.05, 3.63) is 0 Å². The maximum Gasteiger partial charge on any atom is 0.306 e. The number of carbonyl (C=O) groups is 2. The molecule has 0 aliphatic carbocycles. The number of unbranched alkanes of at least 4 members (excludes halogenated alkanes) is 32. The number of aliphatic hydroxyl groups excluding tert-OH is 1. The third kappa shape index (κ3) is 37.7. The molecule has 2 atom stereocenters. The fourth-order valence-electron chi connectivity index (χ4n) is 7.22. The van der Waals surface area contributed by atoms with Gasteiger partial charge in [0.2, 0.25) is 0 Å². The zero-order valence-electron chi connectivity index (χ0n) is 35.7. The molecule has 0 aromatic carbocycles. The summed E-state index contributed by atoms with van der Waals surface area (Å²) in [5.41, 5.74) is 0. The van der Waals surface area contributed by atoms with Crippen LogP contribution in [-0.4, -0.2) is 40.7 Å². The van der Waals surface area contributed by atoms with Crippen molar-refractivity contribution in [3.8, 4) is 0 Å². The Balaban J connectivity index is 4.47. The predicted molar refractivity (Wildman–Crippen MR) is 232 cm³/mol. The second-order valence-corrected chi connectivity index (χ2v) is 16.7. The lowest BCUT2D eigenvalue weighted by Crippen LogP contribution is -2.40. The molecule has 0 amide bonds. The van der Waals surface area contributed by atoms with Gasteiger partial charge in [0.05, 0.1) is 0 Å². The van der Waals surface area contributed by atoms with Gasteiger partial charge in [-0.3, -0.25) is 9.59 Å². The van der Waals surface area contributed by atoms with E-state index in [2.05, 4.69) is 20.8 Å². The first-order valence-corrected chi connectivity index (χ1v) is 23.9. The van der Waals surface area contributed by atoms with Crippen molar-refractivity contribution < 1.29 is 24.2 Å². The van der Waals surface area contributed by atoms with Crippen molar-refractivity contribution >= 4 is 29.0 Å². The van der Waals surface area contributed by atoms with Crippen molar-refractivity contribution in [1.29, 1.82) is 0 Å². The predicted octanol–water partition coefficient (Wildman–Crippen LogP) is 15.1. The standard InChI is InChI=1S/C47H90O5S/c1-4-7-10-13-16-19-22-23-26-27-30-33-36-39-44(53)47(52-46(50)41-38-35-32-29-25-21-18-15-12-9-6-3)43(48)42-51-45(49)40-37-34-31-28-24-20-17-14-11-8-5-2/h43,47-48H,4-42H2,1-3H3. The Hall–Kier alpha value is -1.01. The van der Waals surface area contributed by atoms with Gasteiger partial charge in [0, 0.05) is 17.7 Å². The Morgan fingerprint density at radius 1 is 0.415 bits per heavy atom. The summed E-state index contributed by atoms with van der Waals surface area (Å²) < 4.78 is 11.3. The molecule has 2 unspecified atom stereocenters. The molecular formula is C47H90O5S. The molecule has 314 valence electrons. The van der Waals surface area contributed by atoms with Crippen LogP contribution in [0.25, 0.3) is 0 Å². The first-order valence-electron chi connectivity index (χ1n) is 23.5. The summed E-state index contributed by atoms with van der Waals surface area (Å²) in [6, 6.07) is 0. The van der Waals surface area contributed by atoms with E-state index in [4.69, 9.17) is 21.7 Å². The van der Waals surface area contributed by atoms with Crippen molar-refractivity contribution in [3.63, 3.8) is 0 Å².